The molecule has 0 saturated heterocycles. The SMILES string of the molecule is CCOC(=O)/C(C1=NCCCN1)=C(/C)O. The Bertz CT molecular complexity index is 304. The Morgan fingerprint density at radius 1 is 1.67 bits per heavy atom. The van der Waals surface area contributed by atoms with Gasteiger partial charge in [-0.3, -0.25) is 4.99 Å². The normalized spacial score (nSPS) is 17.3. The Hall–Kier alpha value is -1.52. The zero-order chi connectivity index (χ0) is 11.3. The monoisotopic (exact) mass is 212 g/mol. The van der Waals surface area contributed by atoms with Gasteiger partial charge in [-0.05, 0) is 20.3 Å². The summed E-state index contributed by atoms with van der Waals surface area (Å²) < 4.78 is 4.84. The Morgan fingerprint density at radius 2 is 2.40 bits per heavy atom. The van der Waals surface area contributed by atoms with Crippen LogP contribution in [-0.2, 0) is 9.53 Å². The highest BCUT2D eigenvalue weighted by Crippen LogP contribution is 2.08. The van der Waals surface area contributed by atoms with Gasteiger partial charge >= 0.3 is 5.97 Å². The fourth-order valence-electron chi connectivity index (χ4n) is 1.32. The number of rotatable bonds is 3. The number of ether oxygens (including phenoxy) is 1. The molecule has 0 aliphatic carbocycles. The highest BCUT2D eigenvalue weighted by molar-refractivity contribution is 6.19. The molecule has 0 radical (unpaired) electrons. The number of aliphatic hydroxyl groups excluding tert-OH is 1. The smallest absolute Gasteiger partial charge is 0.345 e. The van der Waals surface area contributed by atoms with Crippen molar-refractivity contribution in [1.82, 2.24) is 5.32 Å². The van der Waals surface area contributed by atoms with Crippen molar-refractivity contribution in [1.29, 1.82) is 0 Å². The lowest BCUT2D eigenvalue weighted by atomic mass is 10.2. The number of aliphatic hydroxyl groups is 1. The number of hydrogen-bond acceptors (Lipinski definition) is 5. The molecular formula is C10H16N2O3. The van der Waals surface area contributed by atoms with E-state index in [0.29, 0.717) is 12.4 Å². The lowest BCUT2D eigenvalue weighted by Gasteiger charge is -2.16. The number of aliphatic imine (C=N–C) groups is 1. The van der Waals surface area contributed by atoms with Crippen LogP contribution in [0.4, 0.5) is 0 Å². The number of hydrogen-bond donors (Lipinski definition) is 2. The molecule has 0 unspecified atom stereocenters. The van der Waals surface area contributed by atoms with Crippen molar-refractivity contribution >= 4 is 11.8 Å². The molecular weight excluding hydrogens is 196 g/mol. The molecule has 0 saturated carbocycles. The molecule has 1 heterocycles. The first kappa shape index (κ1) is 11.6. The van der Waals surface area contributed by atoms with Gasteiger partial charge in [-0.25, -0.2) is 4.79 Å². The van der Waals surface area contributed by atoms with E-state index in [4.69, 9.17) is 4.74 Å². The van der Waals surface area contributed by atoms with Crippen LogP contribution < -0.4 is 5.32 Å². The molecule has 84 valence electrons. The van der Waals surface area contributed by atoms with E-state index in [1.54, 1.807) is 6.92 Å². The molecule has 15 heavy (non-hydrogen) atoms. The maximum atomic E-state index is 11.5. The number of nitrogens with zero attached hydrogens (tertiary/aromatic N) is 1. The summed E-state index contributed by atoms with van der Waals surface area (Å²) in [7, 11) is 0. The number of nitrogens with one attached hydrogen (secondary N) is 1. The van der Waals surface area contributed by atoms with Crippen molar-refractivity contribution in [3.8, 4) is 0 Å². The van der Waals surface area contributed by atoms with E-state index in [9.17, 15) is 9.90 Å². The molecule has 5 nitrogen and oxygen atoms in total. The summed E-state index contributed by atoms with van der Waals surface area (Å²) in [5, 5.41) is 12.4. The van der Waals surface area contributed by atoms with Gasteiger partial charge < -0.3 is 15.2 Å². The minimum absolute atomic E-state index is 0.0680. The maximum absolute atomic E-state index is 11.5. The van der Waals surface area contributed by atoms with Crippen molar-refractivity contribution in [2.75, 3.05) is 19.7 Å². The van der Waals surface area contributed by atoms with Crippen LogP contribution in [0.5, 0.6) is 0 Å². The van der Waals surface area contributed by atoms with Crippen LogP contribution in [0.1, 0.15) is 20.3 Å². The molecule has 0 aromatic rings. The Morgan fingerprint density at radius 3 is 2.87 bits per heavy atom. The van der Waals surface area contributed by atoms with E-state index in [1.165, 1.54) is 6.92 Å². The Balaban J connectivity index is 2.88. The summed E-state index contributed by atoms with van der Waals surface area (Å²) >= 11 is 0. The zero-order valence-electron chi connectivity index (χ0n) is 9.04. The fourth-order valence-corrected chi connectivity index (χ4v) is 1.32. The number of carbonyl (C=O) groups excluding carboxylic acids is 1. The van der Waals surface area contributed by atoms with Gasteiger partial charge in [0.1, 0.15) is 17.2 Å². The van der Waals surface area contributed by atoms with Gasteiger partial charge in [0, 0.05) is 13.1 Å². The molecule has 2 N–H and O–H groups in total. The molecule has 0 aromatic carbocycles. The van der Waals surface area contributed by atoms with Gasteiger partial charge in [-0.15, -0.1) is 0 Å². The third-order valence-corrected chi connectivity index (χ3v) is 1.98. The average Bonchev–Trinajstić information content (AvgIpc) is 2.19. The highest BCUT2D eigenvalue weighted by Gasteiger charge is 2.21. The lowest BCUT2D eigenvalue weighted by Crippen LogP contribution is -2.34. The molecule has 0 atom stereocenters. The first-order valence-electron chi connectivity index (χ1n) is 5.02. The molecule has 0 amide bonds. The molecule has 0 aromatic heterocycles. The lowest BCUT2D eigenvalue weighted by molar-refractivity contribution is -0.138. The van der Waals surface area contributed by atoms with E-state index < -0.39 is 5.97 Å². The minimum atomic E-state index is -0.536. The molecule has 1 aliphatic heterocycles. The van der Waals surface area contributed by atoms with Gasteiger partial charge in [-0.2, -0.15) is 0 Å². The second kappa shape index (κ2) is 5.38. The molecule has 5 heteroatoms. The van der Waals surface area contributed by atoms with Crippen molar-refractivity contribution in [2.45, 2.75) is 20.3 Å². The maximum Gasteiger partial charge on any atom is 0.345 e. The summed E-state index contributed by atoms with van der Waals surface area (Å²) in [4.78, 5) is 15.7. The van der Waals surface area contributed by atoms with Crippen LogP contribution in [0.25, 0.3) is 0 Å². The van der Waals surface area contributed by atoms with E-state index in [0.717, 1.165) is 13.0 Å². The number of allylic oxidation sites excluding steroid dienone is 1. The van der Waals surface area contributed by atoms with Gasteiger partial charge in [0.05, 0.1) is 6.61 Å². The molecule has 0 spiro atoms. The van der Waals surface area contributed by atoms with Gasteiger partial charge in [-0.1, -0.05) is 0 Å². The third kappa shape index (κ3) is 2.97. The minimum Gasteiger partial charge on any atom is -0.512 e. The van der Waals surface area contributed by atoms with E-state index in [-0.39, 0.29) is 17.9 Å². The van der Waals surface area contributed by atoms with Gasteiger partial charge in [0.25, 0.3) is 0 Å². The van der Waals surface area contributed by atoms with Crippen LogP contribution >= 0.6 is 0 Å². The molecule has 0 bridgehead atoms. The molecule has 0 fully saturated rings. The second-order valence-electron chi connectivity index (χ2n) is 3.19. The van der Waals surface area contributed by atoms with E-state index in [2.05, 4.69) is 10.3 Å². The predicted octanol–water partition coefficient (Wildman–Crippen LogP) is 0.773. The number of amidine groups is 1. The highest BCUT2D eigenvalue weighted by atomic mass is 16.5. The summed E-state index contributed by atoms with van der Waals surface area (Å²) in [5.74, 6) is -0.174. The van der Waals surface area contributed by atoms with Crippen LogP contribution in [0.3, 0.4) is 0 Å². The standard InChI is InChI=1S/C10H16N2O3/c1-3-15-10(14)8(7(2)13)9-11-5-4-6-12-9/h13H,3-6H2,1-2H3,(H,11,12)/b8-7-. The van der Waals surface area contributed by atoms with E-state index >= 15 is 0 Å². The summed E-state index contributed by atoms with van der Waals surface area (Å²) in [6, 6.07) is 0. The average molecular weight is 212 g/mol. The summed E-state index contributed by atoms with van der Waals surface area (Å²) in [6.07, 6.45) is 0.935. The number of esters is 1. The van der Waals surface area contributed by atoms with Crippen LogP contribution in [0.2, 0.25) is 0 Å². The summed E-state index contributed by atoms with van der Waals surface area (Å²) in [6.45, 7) is 4.87. The first-order valence-corrected chi connectivity index (χ1v) is 5.02. The van der Waals surface area contributed by atoms with Crippen LogP contribution in [0.15, 0.2) is 16.3 Å². The topological polar surface area (TPSA) is 70.9 Å². The number of carbonyl (C=O) groups is 1. The van der Waals surface area contributed by atoms with E-state index in [1.807, 2.05) is 0 Å². The van der Waals surface area contributed by atoms with Crippen molar-refractivity contribution in [3.63, 3.8) is 0 Å². The van der Waals surface area contributed by atoms with Gasteiger partial charge in [0.15, 0.2) is 0 Å². The van der Waals surface area contributed by atoms with Crippen LogP contribution in [0, 0.1) is 0 Å². The Kier molecular flexibility index (Phi) is 4.15. The van der Waals surface area contributed by atoms with Crippen molar-refractivity contribution in [2.24, 2.45) is 4.99 Å². The summed E-state index contributed by atoms with van der Waals surface area (Å²) in [5.41, 5.74) is 0.136. The predicted molar refractivity (Wildman–Crippen MR) is 56.9 cm³/mol. The Labute approximate surface area is 88.8 Å². The second-order valence-corrected chi connectivity index (χ2v) is 3.19. The van der Waals surface area contributed by atoms with Crippen molar-refractivity contribution < 1.29 is 14.6 Å². The zero-order valence-corrected chi connectivity index (χ0v) is 9.04. The third-order valence-electron chi connectivity index (χ3n) is 1.98. The molecule has 1 rings (SSSR count). The van der Waals surface area contributed by atoms with Crippen LogP contribution in [-0.4, -0.2) is 36.6 Å². The fraction of sp³-hybridized carbons (Fsp3) is 0.600. The van der Waals surface area contributed by atoms with Crippen molar-refractivity contribution in [3.05, 3.63) is 11.3 Å². The largest absolute Gasteiger partial charge is 0.512 e. The molecule has 1 aliphatic rings. The quantitative estimate of drug-likeness (QED) is 0.412. The van der Waals surface area contributed by atoms with Gasteiger partial charge in [0.2, 0.25) is 0 Å². The first-order chi connectivity index (χ1) is 7.16.